The normalized spacial score (nSPS) is 28.0. The number of benzene rings is 1. The number of amides is 2. The molecule has 212 valence electrons. The van der Waals surface area contributed by atoms with Crippen molar-refractivity contribution < 1.29 is 14.7 Å². The molecular weight excluding hydrogens is 498 g/mol. The second-order valence-electron chi connectivity index (χ2n) is 13.0. The Morgan fingerprint density at radius 3 is 2.26 bits per heavy atom. The third-order valence-electron chi connectivity index (χ3n) is 9.89. The van der Waals surface area contributed by atoms with Gasteiger partial charge in [0.1, 0.15) is 0 Å². The van der Waals surface area contributed by atoms with Gasteiger partial charge in [0.25, 0.3) is 0 Å². The first-order valence-electron chi connectivity index (χ1n) is 14.7. The van der Waals surface area contributed by atoms with E-state index in [1.165, 1.54) is 12.8 Å². The van der Waals surface area contributed by atoms with Gasteiger partial charge in [-0.3, -0.25) is 9.59 Å². The Morgan fingerprint density at radius 2 is 1.71 bits per heavy atom. The smallest absolute Gasteiger partial charge is 0.228 e. The highest BCUT2D eigenvalue weighted by Gasteiger charge is 2.48. The van der Waals surface area contributed by atoms with Gasteiger partial charge in [-0.05, 0) is 55.2 Å². The molecule has 1 aromatic carbocycles. The maximum atomic E-state index is 14.0. The van der Waals surface area contributed by atoms with E-state index in [9.17, 15) is 14.7 Å². The summed E-state index contributed by atoms with van der Waals surface area (Å²) in [5.41, 5.74) is 1.01. The molecule has 1 unspecified atom stereocenters. The highest BCUT2D eigenvalue weighted by Crippen LogP contribution is 2.45. The molecule has 38 heavy (non-hydrogen) atoms. The Hall–Kier alpha value is -1.63. The molecule has 7 heteroatoms. The van der Waals surface area contributed by atoms with Crippen LogP contribution in [0.5, 0.6) is 0 Å². The second kappa shape index (κ2) is 11.9. The predicted molar refractivity (Wildman–Crippen MR) is 153 cm³/mol. The van der Waals surface area contributed by atoms with Gasteiger partial charge in [-0.2, -0.15) is 0 Å². The standard InChI is InChI=1S/C31H48ClN3O3/c1-6-31(7-2)14-12-23(13-15-31)35(29(38)30(3,4)5)24-16-25(20-36)34(19-24)28(37)27-18-33-17-26(27)21-8-10-22(32)11-9-21/h8-11,23-27,33,36H,6-7,12-20H2,1-5H3/t24-,25?,26-,27+/m0/s1. The molecule has 1 saturated carbocycles. The van der Waals surface area contributed by atoms with Gasteiger partial charge in [0, 0.05) is 42.0 Å². The van der Waals surface area contributed by atoms with Gasteiger partial charge < -0.3 is 20.2 Å². The molecule has 0 radical (unpaired) electrons. The van der Waals surface area contributed by atoms with Gasteiger partial charge in [0.05, 0.1) is 24.6 Å². The van der Waals surface area contributed by atoms with Crippen molar-refractivity contribution in [2.45, 2.75) is 104 Å². The summed E-state index contributed by atoms with van der Waals surface area (Å²) in [6.07, 6.45) is 7.34. The van der Waals surface area contributed by atoms with E-state index in [0.717, 1.165) is 37.8 Å². The third-order valence-corrected chi connectivity index (χ3v) is 10.1. The van der Waals surface area contributed by atoms with Crippen LogP contribution >= 0.6 is 11.6 Å². The van der Waals surface area contributed by atoms with Crippen LogP contribution in [0, 0.1) is 16.7 Å². The highest BCUT2D eigenvalue weighted by molar-refractivity contribution is 6.30. The van der Waals surface area contributed by atoms with E-state index in [4.69, 9.17) is 11.6 Å². The molecular formula is C31H48ClN3O3. The highest BCUT2D eigenvalue weighted by atomic mass is 35.5. The van der Waals surface area contributed by atoms with Gasteiger partial charge in [-0.15, -0.1) is 0 Å². The van der Waals surface area contributed by atoms with E-state index in [1.54, 1.807) is 0 Å². The van der Waals surface area contributed by atoms with E-state index < -0.39 is 5.41 Å². The van der Waals surface area contributed by atoms with E-state index in [1.807, 2.05) is 49.9 Å². The number of nitrogens with zero attached hydrogens (tertiary/aromatic N) is 2. The lowest BCUT2D eigenvalue weighted by atomic mass is 9.68. The van der Waals surface area contributed by atoms with Crippen LogP contribution in [0.25, 0.3) is 0 Å². The first kappa shape index (κ1) is 29.4. The van der Waals surface area contributed by atoms with Crippen molar-refractivity contribution in [1.29, 1.82) is 0 Å². The summed E-state index contributed by atoms with van der Waals surface area (Å²) in [7, 11) is 0. The van der Waals surface area contributed by atoms with Gasteiger partial charge in [-0.1, -0.05) is 71.2 Å². The van der Waals surface area contributed by atoms with E-state index in [2.05, 4.69) is 24.1 Å². The van der Waals surface area contributed by atoms with Crippen molar-refractivity contribution in [3.63, 3.8) is 0 Å². The molecule has 1 aliphatic carbocycles. The summed E-state index contributed by atoms with van der Waals surface area (Å²) in [4.78, 5) is 31.9. The van der Waals surface area contributed by atoms with Gasteiger partial charge in [-0.25, -0.2) is 0 Å². The van der Waals surface area contributed by atoms with E-state index >= 15 is 0 Å². The van der Waals surface area contributed by atoms with Crippen molar-refractivity contribution in [3.8, 4) is 0 Å². The largest absolute Gasteiger partial charge is 0.394 e. The Labute approximate surface area is 234 Å². The van der Waals surface area contributed by atoms with Gasteiger partial charge in [0.15, 0.2) is 0 Å². The molecule has 2 heterocycles. The fraction of sp³-hybridized carbons (Fsp3) is 0.742. The minimum Gasteiger partial charge on any atom is -0.394 e. The number of carbonyl (C=O) groups is 2. The van der Waals surface area contributed by atoms with Gasteiger partial charge in [0.2, 0.25) is 11.8 Å². The molecule has 3 aliphatic rings. The molecule has 0 aromatic heterocycles. The van der Waals surface area contributed by atoms with Crippen LogP contribution in [0.4, 0.5) is 0 Å². The Bertz CT molecular complexity index is 962. The molecule has 0 bridgehead atoms. The summed E-state index contributed by atoms with van der Waals surface area (Å²) in [6.45, 7) is 12.4. The molecule has 2 N–H and O–H groups in total. The zero-order valence-electron chi connectivity index (χ0n) is 24.0. The average molecular weight is 546 g/mol. The number of aliphatic hydroxyl groups is 1. The predicted octanol–water partition coefficient (Wildman–Crippen LogP) is 5.23. The number of carbonyl (C=O) groups excluding carboxylic acids is 2. The van der Waals surface area contributed by atoms with Crippen molar-refractivity contribution in [3.05, 3.63) is 34.9 Å². The monoisotopic (exact) mass is 545 g/mol. The number of likely N-dealkylation sites (tertiary alicyclic amines) is 1. The Balaban J connectivity index is 1.55. The summed E-state index contributed by atoms with van der Waals surface area (Å²) < 4.78 is 0. The topological polar surface area (TPSA) is 72.9 Å². The van der Waals surface area contributed by atoms with Crippen LogP contribution in [0.3, 0.4) is 0 Å². The van der Waals surface area contributed by atoms with Crippen molar-refractivity contribution >= 4 is 23.4 Å². The zero-order chi connectivity index (χ0) is 27.7. The number of hydrogen-bond acceptors (Lipinski definition) is 4. The number of hydrogen-bond donors (Lipinski definition) is 2. The fourth-order valence-corrected chi connectivity index (χ4v) is 7.34. The number of aliphatic hydroxyl groups excluding tert-OH is 1. The van der Waals surface area contributed by atoms with Crippen LogP contribution in [0.1, 0.15) is 91.0 Å². The Morgan fingerprint density at radius 1 is 1.08 bits per heavy atom. The molecule has 0 spiro atoms. The fourth-order valence-electron chi connectivity index (χ4n) is 7.22. The summed E-state index contributed by atoms with van der Waals surface area (Å²) in [6, 6.07) is 7.65. The van der Waals surface area contributed by atoms with Crippen LogP contribution in [-0.4, -0.2) is 71.1 Å². The van der Waals surface area contributed by atoms with Crippen LogP contribution in [0.15, 0.2) is 24.3 Å². The third kappa shape index (κ3) is 5.93. The molecule has 2 saturated heterocycles. The quantitative estimate of drug-likeness (QED) is 0.492. The molecule has 4 rings (SSSR count). The van der Waals surface area contributed by atoms with Crippen LogP contribution in [-0.2, 0) is 9.59 Å². The van der Waals surface area contributed by atoms with Crippen molar-refractivity contribution in [2.75, 3.05) is 26.2 Å². The van der Waals surface area contributed by atoms with Crippen LogP contribution in [0.2, 0.25) is 5.02 Å². The zero-order valence-corrected chi connectivity index (χ0v) is 24.8. The van der Waals surface area contributed by atoms with Crippen molar-refractivity contribution in [2.24, 2.45) is 16.7 Å². The lowest BCUT2D eigenvalue weighted by molar-refractivity contribution is -0.147. The maximum Gasteiger partial charge on any atom is 0.228 e. The van der Waals surface area contributed by atoms with Crippen molar-refractivity contribution in [1.82, 2.24) is 15.1 Å². The molecule has 3 fully saturated rings. The number of halogens is 1. The first-order valence-corrected chi connectivity index (χ1v) is 15.1. The number of nitrogens with one attached hydrogen (secondary N) is 1. The Kier molecular flexibility index (Phi) is 9.16. The first-order chi connectivity index (χ1) is 18.0. The maximum absolute atomic E-state index is 14.0. The molecule has 6 nitrogen and oxygen atoms in total. The second-order valence-corrected chi connectivity index (χ2v) is 13.5. The molecule has 1 aromatic rings. The van der Waals surface area contributed by atoms with Crippen LogP contribution < -0.4 is 5.32 Å². The SMILES string of the molecule is CCC1(CC)CCC(N(C(=O)C(C)(C)C)[C@H]2CC(CO)N(C(=O)[C@@H]3CNC[C@H]3c3ccc(Cl)cc3)C2)CC1. The molecule has 2 aliphatic heterocycles. The number of rotatable bonds is 7. The average Bonchev–Trinajstić information content (AvgIpc) is 3.57. The summed E-state index contributed by atoms with van der Waals surface area (Å²) in [5, 5.41) is 14.4. The molecule has 2 amide bonds. The molecule has 4 atom stereocenters. The van der Waals surface area contributed by atoms with E-state index in [0.29, 0.717) is 29.9 Å². The lowest BCUT2D eigenvalue weighted by Crippen LogP contribution is -2.54. The lowest BCUT2D eigenvalue weighted by Gasteiger charge is -2.46. The van der Waals surface area contributed by atoms with Gasteiger partial charge >= 0.3 is 0 Å². The minimum absolute atomic E-state index is 0.0630. The summed E-state index contributed by atoms with van der Waals surface area (Å²) >= 11 is 6.11. The van der Waals surface area contributed by atoms with E-state index in [-0.39, 0.29) is 48.4 Å². The minimum atomic E-state index is -0.495. The summed E-state index contributed by atoms with van der Waals surface area (Å²) in [5.74, 6) is 0.125.